The topological polar surface area (TPSA) is 47.6 Å². The van der Waals surface area contributed by atoms with Crippen LogP contribution in [0.4, 0.5) is 4.79 Å². The van der Waals surface area contributed by atoms with Gasteiger partial charge in [0.25, 0.3) is 0 Å². The second-order valence-corrected chi connectivity index (χ2v) is 3.72. The van der Waals surface area contributed by atoms with Gasteiger partial charge in [0.2, 0.25) is 0 Å². The van der Waals surface area contributed by atoms with Crippen molar-refractivity contribution in [2.24, 2.45) is 0 Å². The highest BCUT2D eigenvalue weighted by atomic mass is 16.6. The van der Waals surface area contributed by atoms with E-state index in [1.165, 1.54) is 5.56 Å². The molecule has 1 atom stereocenters. The zero-order chi connectivity index (χ0) is 11.4. The van der Waals surface area contributed by atoms with Crippen molar-refractivity contribution in [2.45, 2.75) is 19.4 Å². The number of cyclic esters (lactones) is 1. The van der Waals surface area contributed by atoms with E-state index in [1.54, 1.807) is 0 Å². The van der Waals surface area contributed by atoms with Crippen molar-refractivity contribution in [1.29, 1.82) is 0 Å². The average molecular weight is 221 g/mol. The molecule has 1 aliphatic heterocycles. The summed E-state index contributed by atoms with van der Waals surface area (Å²) in [6.45, 7) is 3.08. The molecule has 0 aliphatic carbocycles. The number of nitrogens with one attached hydrogen (secondary N) is 1. The van der Waals surface area contributed by atoms with Gasteiger partial charge >= 0.3 is 6.09 Å². The minimum Gasteiger partial charge on any atom is -0.494 e. The summed E-state index contributed by atoms with van der Waals surface area (Å²) in [7, 11) is 0. The van der Waals surface area contributed by atoms with E-state index in [0.29, 0.717) is 13.2 Å². The van der Waals surface area contributed by atoms with Gasteiger partial charge in [-0.3, -0.25) is 0 Å². The van der Waals surface area contributed by atoms with E-state index in [-0.39, 0.29) is 12.1 Å². The highest BCUT2D eigenvalue weighted by molar-refractivity contribution is 5.69. The number of alkyl carbamates (subject to hydrolysis) is 1. The molecule has 0 spiro atoms. The zero-order valence-corrected chi connectivity index (χ0v) is 9.23. The smallest absolute Gasteiger partial charge is 0.407 e. The number of carbonyl (C=O) groups is 1. The predicted molar refractivity (Wildman–Crippen MR) is 59.6 cm³/mol. The first-order valence-corrected chi connectivity index (χ1v) is 5.43. The Labute approximate surface area is 94.6 Å². The van der Waals surface area contributed by atoms with Crippen LogP contribution in [0.5, 0.6) is 5.75 Å². The third-order valence-electron chi connectivity index (χ3n) is 2.45. The molecule has 2 rings (SSSR count). The number of hydrogen-bond donors (Lipinski definition) is 1. The molecule has 0 aromatic heterocycles. The molecule has 1 heterocycles. The summed E-state index contributed by atoms with van der Waals surface area (Å²) in [5, 5.41) is 2.75. The van der Waals surface area contributed by atoms with E-state index in [9.17, 15) is 4.79 Å². The van der Waals surface area contributed by atoms with Crippen molar-refractivity contribution in [3.05, 3.63) is 29.8 Å². The third-order valence-corrected chi connectivity index (χ3v) is 2.45. The Morgan fingerprint density at radius 2 is 2.19 bits per heavy atom. The van der Waals surface area contributed by atoms with E-state index in [0.717, 1.165) is 12.2 Å². The molecule has 1 aliphatic rings. The second-order valence-electron chi connectivity index (χ2n) is 3.72. The van der Waals surface area contributed by atoms with E-state index < -0.39 is 0 Å². The van der Waals surface area contributed by atoms with Crippen LogP contribution in [0.25, 0.3) is 0 Å². The summed E-state index contributed by atoms with van der Waals surface area (Å²) in [6, 6.07) is 7.99. The molecular formula is C12H15NO3. The monoisotopic (exact) mass is 221 g/mol. The van der Waals surface area contributed by atoms with Crippen LogP contribution in [0.2, 0.25) is 0 Å². The maximum absolute atomic E-state index is 10.8. The molecule has 1 aromatic carbocycles. The predicted octanol–water partition coefficient (Wildman–Crippen LogP) is 1.74. The molecule has 1 amide bonds. The first-order chi connectivity index (χ1) is 7.78. The Kier molecular flexibility index (Phi) is 3.29. The lowest BCUT2D eigenvalue weighted by molar-refractivity contribution is 0.177. The minimum atomic E-state index is -0.323. The maximum atomic E-state index is 10.8. The summed E-state index contributed by atoms with van der Waals surface area (Å²) in [6.07, 6.45) is 0.467. The van der Waals surface area contributed by atoms with E-state index in [4.69, 9.17) is 9.47 Å². The largest absolute Gasteiger partial charge is 0.494 e. The SMILES string of the molecule is CCOc1ccc(C[C@@H]2COC(=O)N2)cc1. The fraction of sp³-hybridized carbons (Fsp3) is 0.417. The number of hydrogen-bond acceptors (Lipinski definition) is 3. The van der Waals surface area contributed by atoms with Gasteiger partial charge in [0, 0.05) is 0 Å². The van der Waals surface area contributed by atoms with Gasteiger partial charge in [0.15, 0.2) is 0 Å². The standard InChI is InChI=1S/C12H15NO3/c1-2-15-11-5-3-9(4-6-11)7-10-8-16-12(14)13-10/h3-6,10H,2,7-8H2,1H3,(H,13,14)/t10-/m1/s1. The van der Waals surface area contributed by atoms with Gasteiger partial charge in [0.05, 0.1) is 12.6 Å². The normalized spacial score (nSPS) is 19.1. The summed E-state index contributed by atoms with van der Waals surface area (Å²) >= 11 is 0. The van der Waals surface area contributed by atoms with Crippen LogP contribution < -0.4 is 10.1 Å². The van der Waals surface area contributed by atoms with Crippen LogP contribution in [0.1, 0.15) is 12.5 Å². The summed E-state index contributed by atoms with van der Waals surface area (Å²) in [4.78, 5) is 10.8. The molecular weight excluding hydrogens is 206 g/mol. The molecule has 0 unspecified atom stereocenters. The van der Waals surface area contributed by atoms with Gasteiger partial charge in [-0.15, -0.1) is 0 Å². The number of benzene rings is 1. The number of carbonyl (C=O) groups excluding carboxylic acids is 1. The van der Waals surface area contributed by atoms with E-state index in [2.05, 4.69) is 5.32 Å². The van der Waals surface area contributed by atoms with Crippen molar-refractivity contribution >= 4 is 6.09 Å². The molecule has 4 heteroatoms. The lowest BCUT2D eigenvalue weighted by Crippen LogP contribution is -2.28. The average Bonchev–Trinajstić information content (AvgIpc) is 2.67. The van der Waals surface area contributed by atoms with Crippen molar-refractivity contribution < 1.29 is 14.3 Å². The van der Waals surface area contributed by atoms with Gasteiger partial charge in [-0.25, -0.2) is 4.79 Å². The van der Waals surface area contributed by atoms with Crippen LogP contribution in [0.15, 0.2) is 24.3 Å². The fourth-order valence-electron chi connectivity index (χ4n) is 1.71. The van der Waals surface area contributed by atoms with Gasteiger partial charge in [-0.2, -0.15) is 0 Å². The molecule has 0 radical (unpaired) electrons. The first-order valence-electron chi connectivity index (χ1n) is 5.43. The molecule has 1 fully saturated rings. The molecule has 0 bridgehead atoms. The summed E-state index contributed by atoms with van der Waals surface area (Å²) < 4.78 is 10.2. The Bertz CT molecular complexity index is 361. The Hall–Kier alpha value is -1.71. The lowest BCUT2D eigenvalue weighted by atomic mass is 10.1. The summed E-state index contributed by atoms with van der Waals surface area (Å²) in [5.74, 6) is 0.873. The molecule has 0 saturated carbocycles. The number of amides is 1. The van der Waals surface area contributed by atoms with Crippen molar-refractivity contribution in [3.63, 3.8) is 0 Å². The van der Waals surface area contributed by atoms with Crippen LogP contribution in [0.3, 0.4) is 0 Å². The van der Waals surface area contributed by atoms with Crippen molar-refractivity contribution in [1.82, 2.24) is 5.32 Å². The maximum Gasteiger partial charge on any atom is 0.407 e. The van der Waals surface area contributed by atoms with E-state index >= 15 is 0 Å². The van der Waals surface area contributed by atoms with Crippen LogP contribution >= 0.6 is 0 Å². The highest BCUT2D eigenvalue weighted by Gasteiger charge is 2.21. The second kappa shape index (κ2) is 4.88. The third kappa shape index (κ3) is 2.66. The number of ether oxygens (including phenoxy) is 2. The summed E-state index contributed by atoms with van der Waals surface area (Å²) in [5.41, 5.74) is 1.17. The van der Waals surface area contributed by atoms with Crippen LogP contribution in [0, 0.1) is 0 Å². The molecule has 1 saturated heterocycles. The van der Waals surface area contributed by atoms with Crippen LogP contribution in [-0.4, -0.2) is 25.3 Å². The lowest BCUT2D eigenvalue weighted by Gasteiger charge is -2.08. The molecule has 16 heavy (non-hydrogen) atoms. The van der Waals surface area contributed by atoms with E-state index in [1.807, 2.05) is 31.2 Å². The zero-order valence-electron chi connectivity index (χ0n) is 9.23. The molecule has 86 valence electrons. The molecule has 1 aromatic rings. The number of rotatable bonds is 4. The Morgan fingerprint density at radius 3 is 2.75 bits per heavy atom. The van der Waals surface area contributed by atoms with Gasteiger partial charge in [-0.05, 0) is 31.0 Å². The van der Waals surface area contributed by atoms with Crippen molar-refractivity contribution in [2.75, 3.05) is 13.2 Å². The quantitative estimate of drug-likeness (QED) is 0.842. The van der Waals surface area contributed by atoms with Gasteiger partial charge in [-0.1, -0.05) is 12.1 Å². The fourth-order valence-corrected chi connectivity index (χ4v) is 1.71. The minimum absolute atomic E-state index is 0.0884. The van der Waals surface area contributed by atoms with Gasteiger partial charge < -0.3 is 14.8 Å². The highest BCUT2D eigenvalue weighted by Crippen LogP contribution is 2.14. The Balaban J connectivity index is 1.92. The van der Waals surface area contributed by atoms with Crippen LogP contribution in [-0.2, 0) is 11.2 Å². The molecule has 1 N–H and O–H groups in total. The first kappa shape index (κ1) is 10.8. The van der Waals surface area contributed by atoms with Crippen molar-refractivity contribution in [3.8, 4) is 5.75 Å². The Morgan fingerprint density at radius 1 is 1.44 bits per heavy atom. The molecule has 4 nitrogen and oxygen atoms in total. The van der Waals surface area contributed by atoms with Gasteiger partial charge in [0.1, 0.15) is 12.4 Å².